The number of benzene rings is 1. The molecule has 0 heterocycles. The van der Waals surface area contributed by atoms with Gasteiger partial charge < -0.3 is 0 Å². The summed E-state index contributed by atoms with van der Waals surface area (Å²) in [7, 11) is 0.628. The SMILES string of the molecule is CCCCCc1cc(C)c(C#N)c(C)c1.[I][V][I]. The van der Waals surface area contributed by atoms with E-state index in [0.717, 1.165) is 23.1 Å². The van der Waals surface area contributed by atoms with E-state index in [1.807, 2.05) is 13.8 Å². The standard InChI is InChI=1S/C14H19N.2HI.V/c1-4-5-6-7-13-8-11(2)14(10-15)12(3)9-13;;;/h8-9H,4-7H2,1-3H3;2*1H;/q;;;+2/p-2. The van der Waals surface area contributed by atoms with Gasteiger partial charge in [0.2, 0.25) is 0 Å². The summed E-state index contributed by atoms with van der Waals surface area (Å²) in [6.45, 7) is 6.26. The summed E-state index contributed by atoms with van der Waals surface area (Å²) < 4.78 is 0. The number of aryl methyl sites for hydroxylation is 3. The van der Waals surface area contributed by atoms with E-state index < -0.39 is 0 Å². The molecule has 0 amide bonds. The summed E-state index contributed by atoms with van der Waals surface area (Å²) in [6.07, 6.45) is 4.94. The molecule has 99 valence electrons. The molecule has 1 nitrogen and oxygen atoms in total. The molecule has 0 spiro atoms. The zero-order valence-corrected chi connectivity index (χ0v) is 16.8. The molecule has 0 saturated heterocycles. The fourth-order valence-corrected chi connectivity index (χ4v) is 1.95. The van der Waals surface area contributed by atoms with Gasteiger partial charge in [-0.25, -0.2) is 0 Å². The van der Waals surface area contributed by atoms with Crippen molar-refractivity contribution in [1.29, 1.82) is 5.26 Å². The van der Waals surface area contributed by atoms with Crippen molar-refractivity contribution in [3.63, 3.8) is 0 Å². The zero-order chi connectivity index (χ0) is 14.0. The van der Waals surface area contributed by atoms with Gasteiger partial charge in [0.05, 0.1) is 11.6 Å². The minimum atomic E-state index is 0.628. The molecule has 0 radical (unpaired) electrons. The Labute approximate surface area is 140 Å². The predicted molar refractivity (Wildman–Crippen MR) is 91.9 cm³/mol. The van der Waals surface area contributed by atoms with Gasteiger partial charge in [-0.1, -0.05) is 31.9 Å². The molecule has 0 aliphatic carbocycles. The van der Waals surface area contributed by atoms with E-state index in [1.165, 1.54) is 24.8 Å². The van der Waals surface area contributed by atoms with Gasteiger partial charge in [-0.3, -0.25) is 0 Å². The number of hydrogen-bond acceptors (Lipinski definition) is 1. The molecule has 4 heteroatoms. The van der Waals surface area contributed by atoms with E-state index in [0.29, 0.717) is 9.47 Å². The molecule has 18 heavy (non-hydrogen) atoms. The molecule has 0 aliphatic rings. The van der Waals surface area contributed by atoms with Crippen LogP contribution in [0, 0.1) is 25.2 Å². The average molecular weight is 506 g/mol. The van der Waals surface area contributed by atoms with E-state index in [-0.39, 0.29) is 0 Å². The molecule has 0 aromatic heterocycles. The van der Waals surface area contributed by atoms with Crippen molar-refractivity contribution < 1.29 is 9.47 Å². The molecule has 0 saturated carbocycles. The molecule has 1 rings (SSSR count). The summed E-state index contributed by atoms with van der Waals surface area (Å²) in [5.74, 6) is 0. The molecular weight excluding hydrogens is 487 g/mol. The van der Waals surface area contributed by atoms with Crippen LogP contribution >= 0.6 is 40.0 Å². The maximum absolute atomic E-state index is 8.95. The molecule has 0 bridgehead atoms. The Morgan fingerprint density at radius 2 is 1.67 bits per heavy atom. The monoisotopic (exact) mass is 506 g/mol. The molecule has 0 fully saturated rings. The summed E-state index contributed by atoms with van der Waals surface area (Å²) >= 11 is 4.74. The van der Waals surface area contributed by atoms with Crippen LogP contribution in [0.4, 0.5) is 0 Å². The van der Waals surface area contributed by atoms with Crippen LogP contribution in [0.15, 0.2) is 12.1 Å². The van der Waals surface area contributed by atoms with E-state index in [4.69, 9.17) is 5.26 Å². The van der Waals surface area contributed by atoms with Gasteiger partial charge in [0, 0.05) is 0 Å². The van der Waals surface area contributed by atoms with Crippen LogP contribution in [0.2, 0.25) is 0 Å². The van der Waals surface area contributed by atoms with Crippen LogP contribution in [0.3, 0.4) is 0 Å². The fraction of sp³-hybridized carbons (Fsp3) is 0.500. The second-order valence-electron chi connectivity index (χ2n) is 4.24. The topological polar surface area (TPSA) is 23.8 Å². The van der Waals surface area contributed by atoms with Crippen LogP contribution in [-0.4, -0.2) is 0 Å². The van der Waals surface area contributed by atoms with Crippen molar-refractivity contribution in [2.75, 3.05) is 0 Å². The number of halogens is 2. The summed E-state index contributed by atoms with van der Waals surface area (Å²) in [6, 6.07) is 6.57. The molecule has 0 aliphatic heterocycles. The number of hydrogen-bond donors (Lipinski definition) is 0. The van der Waals surface area contributed by atoms with Crippen molar-refractivity contribution in [3.8, 4) is 6.07 Å². The van der Waals surface area contributed by atoms with Crippen molar-refractivity contribution in [2.45, 2.75) is 46.5 Å². The Balaban J connectivity index is 0.000000873. The van der Waals surface area contributed by atoms with E-state index >= 15 is 0 Å². The number of nitrogens with zero attached hydrogens (tertiary/aromatic N) is 1. The molecule has 0 unspecified atom stereocenters. The first-order chi connectivity index (χ1) is 8.60. The first kappa shape index (κ1) is 18.8. The normalized spacial score (nSPS) is 9.11. The molecular formula is C14H19I2NV. The molecule has 0 N–H and O–H groups in total. The maximum atomic E-state index is 8.95. The van der Waals surface area contributed by atoms with Gasteiger partial charge in [-0.15, -0.1) is 0 Å². The summed E-state index contributed by atoms with van der Waals surface area (Å²) in [5, 5.41) is 8.95. The molecule has 1 aromatic rings. The third-order valence-corrected chi connectivity index (χ3v) is 2.77. The summed E-state index contributed by atoms with van der Waals surface area (Å²) in [4.78, 5) is 0. The van der Waals surface area contributed by atoms with Crippen LogP contribution in [0.1, 0.15) is 48.4 Å². The minimum absolute atomic E-state index is 0.628. The van der Waals surface area contributed by atoms with Crippen LogP contribution in [0.5, 0.6) is 0 Å². The third-order valence-electron chi connectivity index (χ3n) is 2.77. The van der Waals surface area contributed by atoms with Crippen molar-refractivity contribution in [1.82, 2.24) is 0 Å². The predicted octanol–water partition coefficient (Wildman–Crippen LogP) is 5.68. The average Bonchev–Trinajstić information content (AvgIpc) is 2.30. The van der Waals surface area contributed by atoms with Gasteiger partial charge in [0.25, 0.3) is 0 Å². The molecule has 1 aromatic carbocycles. The Morgan fingerprint density at radius 1 is 1.17 bits per heavy atom. The first-order valence-electron chi connectivity index (χ1n) is 6.03. The van der Waals surface area contributed by atoms with Gasteiger partial charge in [-0.2, -0.15) is 5.26 Å². The number of unbranched alkanes of at least 4 members (excludes halogenated alkanes) is 2. The second-order valence-corrected chi connectivity index (χ2v) is 16.0. The number of rotatable bonds is 4. The Bertz CT molecular complexity index is 376. The Morgan fingerprint density at radius 3 is 2.06 bits per heavy atom. The Kier molecular flexibility index (Phi) is 12.1. The molecule has 0 atom stereocenters. The van der Waals surface area contributed by atoms with Crippen LogP contribution in [-0.2, 0) is 15.9 Å². The van der Waals surface area contributed by atoms with E-state index in [1.54, 1.807) is 0 Å². The second kappa shape index (κ2) is 11.6. The van der Waals surface area contributed by atoms with E-state index in [2.05, 4.69) is 65.1 Å². The first-order valence-corrected chi connectivity index (χ1v) is 15.0. The Hall–Kier alpha value is 0.754. The van der Waals surface area contributed by atoms with Crippen molar-refractivity contribution >= 4 is 40.0 Å². The summed E-state index contributed by atoms with van der Waals surface area (Å²) in [5.41, 5.74) is 4.44. The zero-order valence-electron chi connectivity index (χ0n) is 11.1. The quantitative estimate of drug-likeness (QED) is 0.381. The van der Waals surface area contributed by atoms with E-state index in [9.17, 15) is 0 Å². The van der Waals surface area contributed by atoms with Crippen LogP contribution < -0.4 is 0 Å². The van der Waals surface area contributed by atoms with Gasteiger partial charge in [0.15, 0.2) is 0 Å². The fourth-order valence-electron chi connectivity index (χ4n) is 1.95. The number of nitriles is 1. The van der Waals surface area contributed by atoms with Gasteiger partial charge >= 0.3 is 49.4 Å². The van der Waals surface area contributed by atoms with Gasteiger partial charge in [-0.05, 0) is 43.4 Å². The third kappa shape index (κ3) is 7.37. The van der Waals surface area contributed by atoms with Crippen molar-refractivity contribution in [3.05, 3.63) is 34.4 Å². The van der Waals surface area contributed by atoms with Crippen LogP contribution in [0.25, 0.3) is 0 Å². The van der Waals surface area contributed by atoms with Crippen molar-refractivity contribution in [2.24, 2.45) is 0 Å². The van der Waals surface area contributed by atoms with Gasteiger partial charge in [0.1, 0.15) is 0 Å².